The molecule has 1 radical (unpaired) electrons. The van der Waals surface area contributed by atoms with Gasteiger partial charge in [-0.05, 0) is 60.9 Å². The molecule has 1 N–H and O–H groups in total. The Kier molecular flexibility index (Phi) is 7.41. The van der Waals surface area contributed by atoms with E-state index in [0.29, 0.717) is 15.9 Å². The molecule has 0 spiro atoms. The van der Waals surface area contributed by atoms with E-state index >= 15 is 0 Å². The minimum atomic E-state index is -2.91. The SMILES string of the molecule is O=C(CC(C(F)F)n1ccc(F)n1)N1CCC(O)(Cn2cnc3c(-c4cc(Cl)c5c(c4)C[CH]C5)scc3c2=O)CC1. The second kappa shape index (κ2) is 10.9. The van der Waals surface area contributed by atoms with E-state index in [9.17, 15) is 27.9 Å². The van der Waals surface area contributed by atoms with Crippen LogP contribution in [0.4, 0.5) is 13.2 Å². The fourth-order valence-electron chi connectivity index (χ4n) is 5.64. The summed E-state index contributed by atoms with van der Waals surface area (Å²) in [6.45, 7) is 0.235. The zero-order chi connectivity index (χ0) is 28.9. The molecule has 1 aliphatic heterocycles. The third kappa shape index (κ3) is 5.40. The molecule has 215 valence electrons. The van der Waals surface area contributed by atoms with Crippen LogP contribution in [0.5, 0.6) is 0 Å². The number of hydrogen-bond donors (Lipinski definition) is 1. The number of nitrogens with zero attached hydrogens (tertiary/aromatic N) is 5. The maximum Gasteiger partial charge on any atom is 0.262 e. The molecule has 2 aliphatic rings. The first-order chi connectivity index (χ1) is 19.6. The van der Waals surface area contributed by atoms with Gasteiger partial charge in [-0.15, -0.1) is 16.4 Å². The third-order valence-corrected chi connectivity index (χ3v) is 9.30. The molecule has 3 aromatic heterocycles. The number of amides is 1. The van der Waals surface area contributed by atoms with Crippen molar-refractivity contribution in [1.82, 2.24) is 24.2 Å². The molecule has 13 heteroatoms. The largest absolute Gasteiger partial charge is 0.388 e. The Morgan fingerprint density at radius 1 is 1.22 bits per heavy atom. The maximum atomic E-state index is 13.6. The minimum absolute atomic E-state index is 0.0191. The standard InChI is InChI=1S/C28H26ClF3N5O3S/c29-20-11-17(10-16-2-1-3-18(16)20)25-24-19(13-41-25)27(39)36(15-33-24)14-28(40)5-8-35(9-6-28)23(38)12-21(26(31)32)37-7-4-22(30)34-37/h1,4,7,10-11,13,15,21,26,40H,2-3,5-6,8-9,12,14H2. The summed E-state index contributed by atoms with van der Waals surface area (Å²) in [5, 5.41) is 17.5. The summed E-state index contributed by atoms with van der Waals surface area (Å²) in [5.74, 6) is -1.44. The molecule has 1 aromatic carbocycles. The Labute approximate surface area is 242 Å². The Morgan fingerprint density at radius 3 is 2.71 bits per heavy atom. The van der Waals surface area contributed by atoms with Gasteiger partial charge in [-0.1, -0.05) is 11.6 Å². The average Bonchev–Trinajstić information content (AvgIpc) is 3.69. The van der Waals surface area contributed by atoms with Gasteiger partial charge in [0, 0.05) is 35.8 Å². The number of fused-ring (bicyclic) bond motifs is 2. The van der Waals surface area contributed by atoms with Crippen molar-refractivity contribution >= 4 is 39.7 Å². The molecule has 0 saturated carbocycles. The highest BCUT2D eigenvalue weighted by Crippen LogP contribution is 2.38. The van der Waals surface area contributed by atoms with Crippen molar-refractivity contribution in [3.63, 3.8) is 0 Å². The molecule has 1 unspecified atom stereocenters. The molecule has 41 heavy (non-hydrogen) atoms. The summed E-state index contributed by atoms with van der Waals surface area (Å²) < 4.78 is 42.5. The van der Waals surface area contributed by atoms with Gasteiger partial charge in [0.1, 0.15) is 6.04 Å². The maximum absolute atomic E-state index is 13.6. The van der Waals surface area contributed by atoms with Crippen LogP contribution in [0.3, 0.4) is 0 Å². The highest BCUT2D eigenvalue weighted by Gasteiger charge is 2.36. The number of piperidine rings is 1. The van der Waals surface area contributed by atoms with Crippen LogP contribution in [0.2, 0.25) is 5.02 Å². The lowest BCUT2D eigenvalue weighted by atomic mass is 9.91. The molecular weight excluding hydrogens is 579 g/mol. The minimum Gasteiger partial charge on any atom is -0.388 e. The van der Waals surface area contributed by atoms with Gasteiger partial charge in [0.15, 0.2) is 0 Å². The predicted molar refractivity (Wildman–Crippen MR) is 149 cm³/mol. The average molecular weight is 605 g/mol. The van der Waals surface area contributed by atoms with Crippen molar-refractivity contribution in [3.05, 3.63) is 75.0 Å². The first-order valence-electron chi connectivity index (χ1n) is 13.2. The van der Waals surface area contributed by atoms with Crippen molar-refractivity contribution in [1.29, 1.82) is 0 Å². The number of thiophene rings is 1. The number of likely N-dealkylation sites (tertiary alicyclic amines) is 1. The molecule has 1 aliphatic carbocycles. The normalized spacial score (nSPS) is 17.4. The monoisotopic (exact) mass is 604 g/mol. The van der Waals surface area contributed by atoms with Gasteiger partial charge < -0.3 is 10.0 Å². The van der Waals surface area contributed by atoms with Crippen molar-refractivity contribution in [3.8, 4) is 10.4 Å². The number of rotatable bonds is 7. The Bertz CT molecular complexity index is 1680. The van der Waals surface area contributed by atoms with Gasteiger partial charge in [-0.3, -0.25) is 18.8 Å². The second-order valence-corrected chi connectivity index (χ2v) is 11.9. The summed E-state index contributed by atoms with van der Waals surface area (Å²) in [4.78, 5) is 32.9. The molecule has 1 atom stereocenters. The van der Waals surface area contributed by atoms with Gasteiger partial charge in [-0.2, -0.15) is 4.39 Å². The van der Waals surface area contributed by atoms with E-state index < -0.39 is 36.3 Å². The van der Waals surface area contributed by atoms with E-state index in [-0.39, 0.29) is 38.0 Å². The number of hydrogen-bond acceptors (Lipinski definition) is 6. The summed E-state index contributed by atoms with van der Waals surface area (Å²) >= 11 is 7.93. The number of benzene rings is 1. The molecule has 1 saturated heterocycles. The Balaban J connectivity index is 1.14. The van der Waals surface area contributed by atoms with Crippen molar-refractivity contribution < 1.29 is 23.1 Å². The van der Waals surface area contributed by atoms with E-state index in [4.69, 9.17) is 11.6 Å². The summed E-state index contributed by atoms with van der Waals surface area (Å²) in [6, 6.07) is 3.36. The van der Waals surface area contributed by atoms with Gasteiger partial charge in [0.2, 0.25) is 11.9 Å². The van der Waals surface area contributed by atoms with Crippen molar-refractivity contribution in [2.75, 3.05) is 13.1 Å². The number of carbonyl (C=O) groups is 1. The smallest absolute Gasteiger partial charge is 0.262 e. The van der Waals surface area contributed by atoms with Gasteiger partial charge in [0.25, 0.3) is 12.0 Å². The molecule has 1 fully saturated rings. The van der Waals surface area contributed by atoms with Crippen LogP contribution in [0, 0.1) is 12.4 Å². The molecule has 0 bridgehead atoms. The zero-order valence-electron chi connectivity index (χ0n) is 21.8. The lowest BCUT2D eigenvalue weighted by molar-refractivity contribution is -0.138. The number of alkyl halides is 2. The topological polar surface area (TPSA) is 93.2 Å². The first-order valence-corrected chi connectivity index (χ1v) is 14.5. The van der Waals surface area contributed by atoms with Gasteiger partial charge in [0.05, 0.1) is 40.7 Å². The lowest BCUT2D eigenvalue weighted by Gasteiger charge is -2.38. The van der Waals surface area contributed by atoms with E-state index in [1.807, 2.05) is 6.07 Å². The van der Waals surface area contributed by atoms with E-state index in [1.165, 1.54) is 32.7 Å². The van der Waals surface area contributed by atoms with Crippen LogP contribution in [-0.2, 0) is 24.2 Å². The van der Waals surface area contributed by atoms with Crippen LogP contribution in [0.1, 0.15) is 36.4 Å². The predicted octanol–water partition coefficient (Wildman–Crippen LogP) is 4.67. The number of aromatic nitrogens is 4. The van der Waals surface area contributed by atoms with Gasteiger partial charge >= 0.3 is 0 Å². The molecule has 4 aromatic rings. The molecule has 6 rings (SSSR count). The summed E-state index contributed by atoms with van der Waals surface area (Å²) in [6.07, 6.45) is 3.22. The lowest BCUT2D eigenvalue weighted by Crippen LogP contribution is -2.50. The molecule has 4 heterocycles. The van der Waals surface area contributed by atoms with Crippen LogP contribution < -0.4 is 5.56 Å². The Hall–Kier alpha value is -3.22. The number of aliphatic hydroxyl groups is 1. The van der Waals surface area contributed by atoms with Crippen molar-refractivity contribution in [2.24, 2.45) is 0 Å². The van der Waals surface area contributed by atoms with Crippen LogP contribution >= 0.6 is 22.9 Å². The zero-order valence-corrected chi connectivity index (χ0v) is 23.3. The van der Waals surface area contributed by atoms with Crippen molar-refractivity contribution in [2.45, 2.75) is 56.7 Å². The van der Waals surface area contributed by atoms with Crippen LogP contribution in [-0.4, -0.2) is 60.4 Å². The van der Waals surface area contributed by atoms with E-state index in [1.54, 1.807) is 5.38 Å². The molecular formula is C28H26ClF3N5O3S. The molecule has 8 nitrogen and oxygen atoms in total. The van der Waals surface area contributed by atoms with E-state index in [2.05, 4.69) is 22.6 Å². The fourth-order valence-corrected chi connectivity index (χ4v) is 6.94. The first kappa shape index (κ1) is 27.9. The molecule has 1 amide bonds. The van der Waals surface area contributed by atoms with Crippen LogP contribution in [0.25, 0.3) is 21.3 Å². The summed E-state index contributed by atoms with van der Waals surface area (Å²) in [5.41, 5.74) is 2.23. The summed E-state index contributed by atoms with van der Waals surface area (Å²) in [7, 11) is 0. The van der Waals surface area contributed by atoms with E-state index in [0.717, 1.165) is 45.8 Å². The van der Waals surface area contributed by atoms with Gasteiger partial charge in [-0.25, -0.2) is 13.8 Å². The second-order valence-electron chi connectivity index (χ2n) is 10.6. The quantitative estimate of drug-likeness (QED) is 0.331. The van der Waals surface area contributed by atoms with Crippen LogP contribution in [0.15, 0.2) is 40.9 Å². The Morgan fingerprint density at radius 2 is 2.00 bits per heavy atom. The number of carbonyl (C=O) groups excluding carboxylic acids is 1. The fraction of sp³-hybridized carbons (Fsp3) is 0.393. The third-order valence-electron chi connectivity index (χ3n) is 7.95. The highest BCUT2D eigenvalue weighted by molar-refractivity contribution is 7.15. The highest BCUT2D eigenvalue weighted by atomic mass is 35.5. The number of halogens is 4.